The van der Waals surface area contributed by atoms with Gasteiger partial charge in [-0.15, -0.1) is 10.2 Å². The fourth-order valence-electron chi connectivity index (χ4n) is 2.79. The number of hydrogen-bond donors (Lipinski definition) is 2. The second kappa shape index (κ2) is 11.5. The lowest BCUT2D eigenvalue weighted by Gasteiger charge is -2.08. The minimum Gasteiger partial charge on any atom is -0.462 e. The molecule has 11 heteroatoms. The fourth-order valence-corrected chi connectivity index (χ4v) is 3.74. The summed E-state index contributed by atoms with van der Waals surface area (Å²) in [6, 6.07) is 13.3. The number of nitrogens with zero attached hydrogens (tertiary/aromatic N) is 3. The van der Waals surface area contributed by atoms with E-state index in [1.54, 1.807) is 67.1 Å². The van der Waals surface area contributed by atoms with E-state index in [0.29, 0.717) is 32.8 Å². The van der Waals surface area contributed by atoms with Crippen LogP contribution >= 0.6 is 23.4 Å². The average Bonchev–Trinajstić information content (AvgIpc) is 3.16. The lowest BCUT2D eigenvalue weighted by Crippen LogP contribution is -2.24. The second-order valence-electron chi connectivity index (χ2n) is 6.76. The summed E-state index contributed by atoms with van der Waals surface area (Å²) >= 11 is 7.24. The largest absolute Gasteiger partial charge is 0.462 e. The van der Waals surface area contributed by atoms with Gasteiger partial charge in [-0.3, -0.25) is 9.59 Å². The van der Waals surface area contributed by atoms with E-state index < -0.39 is 5.97 Å². The topological polar surface area (TPSA) is 115 Å². The zero-order chi connectivity index (χ0) is 23.8. The molecule has 33 heavy (non-hydrogen) atoms. The molecular formula is C22H22ClN5O4S. The summed E-state index contributed by atoms with van der Waals surface area (Å²) in [7, 11) is 1.75. The number of ether oxygens (including phenoxy) is 1. The van der Waals surface area contributed by atoms with Crippen LogP contribution in [-0.4, -0.2) is 44.9 Å². The highest BCUT2D eigenvalue weighted by Crippen LogP contribution is 2.18. The summed E-state index contributed by atoms with van der Waals surface area (Å²) < 4.78 is 6.67. The molecule has 0 saturated heterocycles. The predicted molar refractivity (Wildman–Crippen MR) is 125 cm³/mol. The molecule has 0 saturated carbocycles. The molecule has 0 radical (unpaired) electrons. The molecule has 2 aromatic carbocycles. The molecule has 3 aromatic rings. The predicted octanol–water partition coefficient (Wildman–Crippen LogP) is 3.31. The van der Waals surface area contributed by atoms with Crippen molar-refractivity contribution < 1.29 is 19.1 Å². The number of amides is 2. The van der Waals surface area contributed by atoms with Crippen molar-refractivity contribution in [3.05, 3.63) is 70.5 Å². The van der Waals surface area contributed by atoms with Crippen molar-refractivity contribution in [1.82, 2.24) is 20.1 Å². The van der Waals surface area contributed by atoms with Gasteiger partial charge in [0, 0.05) is 12.7 Å². The van der Waals surface area contributed by atoms with E-state index in [1.807, 2.05) is 0 Å². The first-order valence-corrected chi connectivity index (χ1v) is 11.4. The summed E-state index contributed by atoms with van der Waals surface area (Å²) in [5.74, 6) is -0.418. The van der Waals surface area contributed by atoms with Crippen LogP contribution in [0.3, 0.4) is 0 Å². The van der Waals surface area contributed by atoms with Gasteiger partial charge in [-0.25, -0.2) is 4.79 Å². The number of halogens is 1. The summed E-state index contributed by atoms with van der Waals surface area (Å²) in [6.45, 7) is 2.15. The van der Waals surface area contributed by atoms with Crippen LogP contribution in [0.25, 0.3) is 0 Å². The van der Waals surface area contributed by atoms with Crippen molar-refractivity contribution in [1.29, 1.82) is 0 Å². The lowest BCUT2D eigenvalue weighted by atomic mass is 10.2. The second-order valence-corrected chi connectivity index (χ2v) is 8.11. The highest BCUT2D eigenvalue weighted by Gasteiger charge is 2.15. The smallest absolute Gasteiger partial charge is 0.338 e. The van der Waals surface area contributed by atoms with Gasteiger partial charge in [0.15, 0.2) is 11.0 Å². The third kappa shape index (κ3) is 6.56. The van der Waals surface area contributed by atoms with Crippen molar-refractivity contribution in [2.75, 3.05) is 17.7 Å². The molecule has 0 unspecified atom stereocenters. The number of carbonyl (C=O) groups is 3. The Bertz CT molecular complexity index is 1170. The molecule has 0 spiro atoms. The molecule has 9 nitrogen and oxygen atoms in total. The normalized spacial score (nSPS) is 10.5. The first-order valence-electron chi connectivity index (χ1n) is 10.00. The SMILES string of the molecule is CCOC(=O)c1cccc(NC(=O)CSc2nnc(CNC(=O)c3ccccc3Cl)n2C)c1. The van der Waals surface area contributed by atoms with Crippen LogP contribution in [-0.2, 0) is 23.1 Å². The Morgan fingerprint density at radius 3 is 2.67 bits per heavy atom. The number of aromatic nitrogens is 3. The number of hydrogen-bond acceptors (Lipinski definition) is 7. The number of carbonyl (C=O) groups excluding carboxylic acids is 3. The average molecular weight is 488 g/mol. The molecule has 172 valence electrons. The maximum Gasteiger partial charge on any atom is 0.338 e. The number of esters is 1. The molecule has 2 amide bonds. The van der Waals surface area contributed by atoms with Crippen molar-refractivity contribution in [3.63, 3.8) is 0 Å². The minimum atomic E-state index is -0.448. The maximum absolute atomic E-state index is 12.3. The molecular weight excluding hydrogens is 466 g/mol. The molecule has 0 bridgehead atoms. The minimum absolute atomic E-state index is 0.0849. The van der Waals surface area contributed by atoms with Crippen LogP contribution in [0.1, 0.15) is 33.5 Å². The van der Waals surface area contributed by atoms with Crippen LogP contribution < -0.4 is 10.6 Å². The van der Waals surface area contributed by atoms with Crippen molar-refractivity contribution >= 4 is 46.8 Å². The quantitative estimate of drug-likeness (QED) is 0.351. The Labute approximate surface area is 199 Å². The van der Waals surface area contributed by atoms with E-state index in [9.17, 15) is 14.4 Å². The molecule has 2 N–H and O–H groups in total. The Morgan fingerprint density at radius 2 is 1.91 bits per heavy atom. The number of anilines is 1. The molecule has 1 aromatic heterocycles. The molecule has 0 aliphatic heterocycles. The van der Waals surface area contributed by atoms with Crippen LogP contribution in [0.5, 0.6) is 0 Å². The van der Waals surface area contributed by atoms with Crippen LogP contribution in [0, 0.1) is 0 Å². The van der Waals surface area contributed by atoms with E-state index in [0.717, 1.165) is 0 Å². The summed E-state index contributed by atoms with van der Waals surface area (Å²) in [4.78, 5) is 36.5. The molecule has 0 atom stereocenters. The third-order valence-corrected chi connectivity index (χ3v) is 5.79. The molecule has 3 rings (SSSR count). The van der Waals surface area contributed by atoms with Crippen molar-refractivity contribution in [3.8, 4) is 0 Å². The Morgan fingerprint density at radius 1 is 1.12 bits per heavy atom. The third-order valence-electron chi connectivity index (χ3n) is 4.44. The molecule has 1 heterocycles. The van der Waals surface area contributed by atoms with Gasteiger partial charge in [0.2, 0.25) is 5.91 Å². The highest BCUT2D eigenvalue weighted by molar-refractivity contribution is 7.99. The van der Waals surface area contributed by atoms with Gasteiger partial charge in [0.25, 0.3) is 5.91 Å². The number of benzene rings is 2. The number of thioether (sulfide) groups is 1. The van der Waals surface area contributed by atoms with E-state index in [4.69, 9.17) is 16.3 Å². The molecule has 0 aliphatic carbocycles. The summed E-state index contributed by atoms with van der Waals surface area (Å²) in [5, 5.41) is 14.5. The summed E-state index contributed by atoms with van der Waals surface area (Å²) in [6.07, 6.45) is 0. The Kier molecular flexibility index (Phi) is 8.45. The highest BCUT2D eigenvalue weighted by atomic mass is 35.5. The van der Waals surface area contributed by atoms with E-state index in [1.165, 1.54) is 11.8 Å². The van der Waals surface area contributed by atoms with E-state index >= 15 is 0 Å². The zero-order valence-electron chi connectivity index (χ0n) is 18.0. The number of nitrogens with one attached hydrogen (secondary N) is 2. The fraction of sp³-hybridized carbons (Fsp3) is 0.227. The Balaban J connectivity index is 1.53. The standard InChI is InChI=1S/C22H22ClN5O4S/c1-3-32-21(31)14-7-6-8-15(11-14)25-19(29)13-33-22-27-26-18(28(22)2)12-24-20(30)16-9-4-5-10-17(16)23/h4-11H,3,12-13H2,1-2H3,(H,24,30)(H,25,29). The number of rotatable bonds is 9. The van der Waals surface area contributed by atoms with Gasteiger partial charge >= 0.3 is 5.97 Å². The van der Waals surface area contributed by atoms with Crippen LogP contribution in [0.15, 0.2) is 53.7 Å². The van der Waals surface area contributed by atoms with E-state index in [-0.39, 0.29) is 30.7 Å². The zero-order valence-corrected chi connectivity index (χ0v) is 19.6. The van der Waals surface area contributed by atoms with Gasteiger partial charge < -0.3 is 19.9 Å². The van der Waals surface area contributed by atoms with Gasteiger partial charge in [0.05, 0.1) is 35.1 Å². The van der Waals surface area contributed by atoms with Crippen LogP contribution in [0.4, 0.5) is 5.69 Å². The maximum atomic E-state index is 12.3. The first kappa shape index (κ1) is 24.3. The Hall–Kier alpha value is -3.37. The van der Waals surface area contributed by atoms with Gasteiger partial charge in [-0.05, 0) is 37.3 Å². The van der Waals surface area contributed by atoms with Crippen molar-refractivity contribution in [2.24, 2.45) is 7.05 Å². The van der Waals surface area contributed by atoms with Crippen LogP contribution in [0.2, 0.25) is 5.02 Å². The molecule has 0 aliphatic rings. The van der Waals surface area contributed by atoms with Gasteiger partial charge in [-0.2, -0.15) is 0 Å². The van der Waals surface area contributed by atoms with Gasteiger partial charge in [-0.1, -0.05) is 41.6 Å². The van der Waals surface area contributed by atoms with E-state index in [2.05, 4.69) is 20.8 Å². The van der Waals surface area contributed by atoms with Crippen molar-refractivity contribution in [2.45, 2.75) is 18.6 Å². The molecule has 0 fully saturated rings. The summed E-state index contributed by atoms with van der Waals surface area (Å²) in [5.41, 5.74) is 1.23. The van der Waals surface area contributed by atoms with Gasteiger partial charge in [0.1, 0.15) is 0 Å². The lowest BCUT2D eigenvalue weighted by molar-refractivity contribution is -0.113. The first-order chi connectivity index (χ1) is 15.9. The monoisotopic (exact) mass is 487 g/mol.